The fourth-order valence-electron chi connectivity index (χ4n) is 3.20. The summed E-state index contributed by atoms with van der Waals surface area (Å²) < 4.78 is 6.06. The minimum atomic E-state index is 0.766. The zero-order valence-electron chi connectivity index (χ0n) is 13.5. The molecule has 1 heterocycles. The van der Waals surface area contributed by atoms with E-state index in [0.29, 0.717) is 0 Å². The fraction of sp³-hybridized carbons (Fsp3) is 0.667. The Balaban J connectivity index is 1.53. The normalized spacial score (nSPS) is 19.1. The standard InChI is InChI=1S/C18H28N2O/c1-14-11-16(13-19-17-5-6-17)12-15(2)18(14)21-10-9-20-7-3-4-8-20/h11-12,17,19H,3-10,13H2,1-2H3. The zero-order chi connectivity index (χ0) is 14.7. The maximum Gasteiger partial charge on any atom is 0.125 e. The smallest absolute Gasteiger partial charge is 0.125 e. The minimum Gasteiger partial charge on any atom is -0.492 e. The van der Waals surface area contributed by atoms with Crippen LogP contribution in [0.3, 0.4) is 0 Å². The van der Waals surface area contributed by atoms with Crippen LogP contribution in [0, 0.1) is 13.8 Å². The monoisotopic (exact) mass is 288 g/mol. The molecule has 0 amide bonds. The van der Waals surface area contributed by atoms with Gasteiger partial charge in [0.25, 0.3) is 0 Å². The molecular formula is C18H28N2O. The lowest BCUT2D eigenvalue weighted by molar-refractivity contribution is 0.236. The third-order valence-electron chi connectivity index (χ3n) is 4.54. The molecule has 0 atom stereocenters. The van der Waals surface area contributed by atoms with E-state index >= 15 is 0 Å². The molecule has 0 bridgehead atoms. The Morgan fingerprint density at radius 1 is 1.14 bits per heavy atom. The molecule has 1 saturated heterocycles. The van der Waals surface area contributed by atoms with Gasteiger partial charge in [-0.1, -0.05) is 12.1 Å². The quantitative estimate of drug-likeness (QED) is 0.834. The second-order valence-electron chi connectivity index (χ2n) is 6.61. The Labute approximate surface area is 128 Å². The van der Waals surface area contributed by atoms with Gasteiger partial charge in [0.2, 0.25) is 0 Å². The highest BCUT2D eigenvalue weighted by Gasteiger charge is 2.20. The van der Waals surface area contributed by atoms with Crippen molar-refractivity contribution in [2.24, 2.45) is 0 Å². The van der Waals surface area contributed by atoms with Crippen LogP contribution in [0.15, 0.2) is 12.1 Å². The number of benzene rings is 1. The molecule has 1 aromatic rings. The largest absolute Gasteiger partial charge is 0.492 e. The molecule has 1 N–H and O–H groups in total. The maximum absolute atomic E-state index is 6.06. The maximum atomic E-state index is 6.06. The number of nitrogens with one attached hydrogen (secondary N) is 1. The second kappa shape index (κ2) is 6.80. The molecule has 1 aromatic carbocycles. The molecule has 1 saturated carbocycles. The SMILES string of the molecule is Cc1cc(CNC2CC2)cc(C)c1OCCN1CCCC1. The van der Waals surface area contributed by atoms with Crippen molar-refractivity contribution >= 4 is 0 Å². The molecule has 1 aliphatic heterocycles. The molecule has 116 valence electrons. The van der Waals surface area contributed by atoms with Crippen molar-refractivity contribution in [1.29, 1.82) is 0 Å². The van der Waals surface area contributed by atoms with Crippen LogP contribution in [-0.2, 0) is 6.54 Å². The summed E-state index contributed by atoms with van der Waals surface area (Å²) in [6, 6.07) is 5.31. The lowest BCUT2D eigenvalue weighted by Crippen LogP contribution is -2.25. The summed E-state index contributed by atoms with van der Waals surface area (Å²) in [4.78, 5) is 2.50. The number of ether oxygens (including phenoxy) is 1. The minimum absolute atomic E-state index is 0.766. The summed E-state index contributed by atoms with van der Waals surface area (Å²) in [7, 11) is 0. The van der Waals surface area contributed by atoms with E-state index in [1.165, 1.54) is 55.5 Å². The van der Waals surface area contributed by atoms with Gasteiger partial charge in [0.1, 0.15) is 12.4 Å². The fourth-order valence-corrected chi connectivity index (χ4v) is 3.20. The van der Waals surface area contributed by atoms with Gasteiger partial charge >= 0.3 is 0 Å². The first kappa shape index (κ1) is 14.9. The highest BCUT2D eigenvalue weighted by atomic mass is 16.5. The van der Waals surface area contributed by atoms with Crippen molar-refractivity contribution in [1.82, 2.24) is 10.2 Å². The van der Waals surface area contributed by atoms with E-state index in [1.54, 1.807) is 0 Å². The molecule has 1 aliphatic carbocycles. The topological polar surface area (TPSA) is 24.5 Å². The Bertz CT molecular complexity index is 453. The highest BCUT2D eigenvalue weighted by Crippen LogP contribution is 2.26. The number of rotatable bonds is 7. The van der Waals surface area contributed by atoms with E-state index in [4.69, 9.17) is 4.74 Å². The van der Waals surface area contributed by atoms with Crippen LogP contribution in [0.1, 0.15) is 42.4 Å². The Morgan fingerprint density at radius 3 is 2.43 bits per heavy atom. The lowest BCUT2D eigenvalue weighted by atomic mass is 10.1. The summed E-state index contributed by atoms with van der Waals surface area (Å²) in [5.74, 6) is 1.09. The Kier molecular flexibility index (Phi) is 4.81. The van der Waals surface area contributed by atoms with Crippen LogP contribution in [0.25, 0.3) is 0 Å². The summed E-state index contributed by atoms with van der Waals surface area (Å²) >= 11 is 0. The van der Waals surface area contributed by atoms with Gasteiger partial charge in [0, 0.05) is 19.1 Å². The molecule has 2 fully saturated rings. The van der Waals surface area contributed by atoms with E-state index < -0.39 is 0 Å². The van der Waals surface area contributed by atoms with E-state index in [-0.39, 0.29) is 0 Å². The third kappa shape index (κ3) is 4.21. The van der Waals surface area contributed by atoms with Crippen molar-refractivity contribution in [3.63, 3.8) is 0 Å². The van der Waals surface area contributed by atoms with Gasteiger partial charge in [-0.3, -0.25) is 4.90 Å². The number of nitrogens with zero attached hydrogens (tertiary/aromatic N) is 1. The summed E-state index contributed by atoms with van der Waals surface area (Å²) in [5.41, 5.74) is 3.91. The van der Waals surface area contributed by atoms with Gasteiger partial charge in [-0.2, -0.15) is 0 Å². The van der Waals surface area contributed by atoms with Crippen molar-refractivity contribution in [2.75, 3.05) is 26.2 Å². The molecular weight excluding hydrogens is 260 g/mol. The number of hydrogen-bond acceptors (Lipinski definition) is 3. The molecule has 21 heavy (non-hydrogen) atoms. The molecule has 0 radical (unpaired) electrons. The van der Waals surface area contributed by atoms with Crippen molar-refractivity contribution in [3.8, 4) is 5.75 Å². The molecule has 0 aromatic heterocycles. The van der Waals surface area contributed by atoms with Gasteiger partial charge < -0.3 is 10.1 Å². The van der Waals surface area contributed by atoms with Gasteiger partial charge in [-0.25, -0.2) is 0 Å². The lowest BCUT2D eigenvalue weighted by Gasteiger charge is -2.18. The van der Waals surface area contributed by atoms with E-state index in [0.717, 1.165) is 31.5 Å². The van der Waals surface area contributed by atoms with Gasteiger partial charge in [0.15, 0.2) is 0 Å². The van der Waals surface area contributed by atoms with Crippen LogP contribution in [0.5, 0.6) is 5.75 Å². The van der Waals surface area contributed by atoms with E-state index in [9.17, 15) is 0 Å². The summed E-state index contributed by atoms with van der Waals surface area (Å²) in [5, 5.41) is 3.58. The van der Waals surface area contributed by atoms with Crippen LogP contribution < -0.4 is 10.1 Å². The summed E-state index contributed by atoms with van der Waals surface area (Å²) in [6.07, 6.45) is 5.38. The molecule has 2 aliphatic rings. The van der Waals surface area contributed by atoms with Crippen molar-refractivity contribution in [3.05, 3.63) is 28.8 Å². The van der Waals surface area contributed by atoms with Crippen molar-refractivity contribution in [2.45, 2.75) is 52.1 Å². The molecule has 3 rings (SSSR count). The molecule has 3 nitrogen and oxygen atoms in total. The Hall–Kier alpha value is -1.06. The first-order valence-corrected chi connectivity index (χ1v) is 8.41. The van der Waals surface area contributed by atoms with Crippen LogP contribution >= 0.6 is 0 Å². The molecule has 0 spiro atoms. The molecule has 0 unspecified atom stereocenters. The van der Waals surface area contributed by atoms with Crippen LogP contribution in [0.4, 0.5) is 0 Å². The zero-order valence-corrected chi connectivity index (χ0v) is 13.5. The number of aryl methyl sites for hydroxylation is 2. The van der Waals surface area contributed by atoms with Crippen LogP contribution in [-0.4, -0.2) is 37.2 Å². The highest BCUT2D eigenvalue weighted by molar-refractivity contribution is 5.43. The van der Waals surface area contributed by atoms with Gasteiger partial charge in [-0.05, 0) is 69.3 Å². The van der Waals surface area contributed by atoms with Crippen molar-refractivity contribution < 1.29 is 4.74 Å². The van der Waals surface area contributed by atoms with Gasteiger partial charge in [0.05, 0.1) is 0 Å². The van der Waals surface area contributed by atoms with Crippen LogP contribution in [0.2, 0.25) is 0 Å². The first-order valence-electron chi connectivity index (χ1n) is 8.41. The van der Waals surface area contributed by atoms with E-state index in [2.05, 4.69) is 36.2 Å². The Morgan fingerprint density at radius 2 is 1.81 bits per heavy atom. The first-order chi connectivity index (χ1) is 10.2. The van der Waals surface area contributed by atoms with E-state index in [1.807, 2.05) is 0 Å². The number of likely N-dealkylation sites (tertiary alicyclic amines) is 1. The van der Waals surface area contributed by atoms with Gasteiger partial charge in [-0.15, -0.1) is 0 Å². The average Bonchev–Trinajstić information content (AvgIpc) is 3.14. The summed E-state index contributed by atoms with van der Waals surface area (Å²) in [6.45, 7) is 9.67. The predicted octanol–water partition coefficient (Wildman–Crippen LogP) is 3.03. The number of hydrogen-bond donors (Lipinski definition) is 1. The third-order valence-corrected chi connectivity index (χ3v) is 4.54. The molecule has 3 heteroatoms. The average molecular weight is 288 g/mol. The predicted molar refractivity (Wildman–Crippen MR) is 86.9 cm³/mol. The second-order valence-corrected chi connectivity index (χ2v) is 6.61.